The molecule has 1 heterocycles. The molecular weight excluding hydrogens is 234 g/mol. The molecule has 18 heavy (non-hydrogen) atoms. The molecule has 0 spiro atoms. The number of hydrogen-bond acceptors (Lipinski definition) is 3. The van der Waals surface area contributed by atoms with Crippen molar-refractivity contribution in [1.82, 2.24) is 5.32 Å². The molecule has 1 aromatic heterocycles. The zero-order chi connectivity index (χ0) is 12.9. The summed E-state index contributed by atoms with van der Waals surface area (Å²) in [6.45, 7) is 1.79. The van der Waals surface area contributed by atoms with Gasteiger partial charge >= 0.3 is 5.97 Å². The lowest BCUT2D eigenvalue weighted by molar-refractivity contribution is -0.138. The third kappa shape index (κ3) is 2.00. The van der Waals surface area contributed by atoms with E-state index in [0.29, 0.717) is 17.2 Å². The highest BCUT2D eigenvalue weighted by Crippen LogP contribution is 2.54. The SMILES string of the molecule is Cc1cc(C(=O)N[C@@H]2C[C@@H]2[C@@H]2C[C@@H]2C(=O)O)co1. The summed E-state index contributed by atoms with van der Waals surface area (Å²) in [5, 5.41) is 11.8. The Bertz CT molecular complexity index is 507. The van der Waals surface area contributed by atoms with Crippen LogP contribution in [0.3, 0.4) is 0 Å². The highest BCUT2D eigenvalue weighted by molar-refractivity contribution is 5.94. The molecule has 3 rings (SSSR count). The van der Waals surface area contributed by atoms with Crippen LogP contribution in [-0.2, 0) is 4.79 Å². The molecular formula is C13H15NO4. The van der Waals surface area contributed by atoms with Crippen LogP contribution in [0.15, 0.2) is 16.7 Å². The van der Waals surface area contributed by atoms with Crippen LogP contribution in [0.4, 0.5) is 0 Å². The van der Waals surface area contributed by atoms with Crippen molar-refractivity contribution < 1.29 is 19.1 Å². The van der Waals surface area contributed by atoms with Crippen LogP contribution in [0.2, 0.25) is 0 Å². The first-order valence-electron chi connectivity index (χ1n) is 6.15. The quantitative estimate of drug-likeness (QED) is 0.846. The van der Waals surface area contributed by atoms with Gasteiger partial charge < -0.3 is 14.8 Å². The summed E-state index contributed by atoms with van der Waals surface area (Å²) in [4.78, 5) is 22.6. The normalized spacial score (nSPS) is 32.9. The van der Waals surface area contributed by atoms with Gasteiger partial charge in [-0.25, -0.2) is 0 Å². The number of rotatable bonds is 4. The molecule has 0 bridgehead atoms. The van der Waals surface area contributed by atoms with Crippen LogP contribution < -0.4 is 5.32 Å². The van der Waals surface area contributed by atoms with Crippen LogP contribution in [0.25, 0.3) is 0 Å². The summed E-state index contributed by atoms with van der Waals surface area (Å²) in [5.74, 6) is 0.296. The average Bonchev–Trinajstić information content (AvgIpc) is 3.17. The Morgan fingerprint density at radius 1 is 1.39 bits per heavy atom. The number of amides is 1. The molecule has 0 aliphatic heterocycles. The second kappa shape index (κ2) is 3.86. The largest absolute Gasteiger partial charge is 0.481 e. The number of carbonyl (C=O) groups excluding carboxylic acids is 1. The fourth-order valence-electron chi connectivity index (χ4n) is 2.64. The van der Waals surface area contributed by atoms with E-state index < -0.39 is 5.97 Å². The van der Waals surface area contributed by atoms with E-state index in [1.165, 1.54) is 6.26 Å². The Kier molecular flexibility index (Phi) is 2.43. The maximum Gasteiger partial charge on any atom is 0.306 e. The molecule has 2 saturated carbocycles. The van der Waals surface area contributed by atoms with Gasteiger partial charge in [0.05, 0.1) is 11.5 Å². The zero-order valence-corrected chi connectivity index (χ0v) is 10.1. The molecule has 96 valence electrons. The Morgan fingerprint density at radius 2 is 2.17 bits per heavy atom. The smallest absolute Gasteiger partial charge is 0.306 e. The fourth-order valence-corrected chi connectivity index (χ4v) is 2.64. The maximum atomic E-state index is 11.8. The number of carboxylic acids is 1. The van der Waals surface area contributed by atoms with Crippen molar-refractivity contribution >= 4 is 11.9 Å². The van der Waals surface area contributed by atoms with E-state index in [1.807, 2.05) is 0 Å². The van der Waals surface area contributed by atoms with Gasteiger partial charge in [0, 0.05) is 6.04 Å². The first kappa shape index (κ1) is 11.3. The summed E-state index contributed by atoms with van der Waals surface area (Å²) < 4.78 is 5.08. The summed E-state index contributed by atoms with van der Waals surface area (Å²) >= 11 is 0. The molecule has 1 amide bonds. The topological polar surface area (TPSA) is 79.5 Å². The van der Waals surface area contributed by atoms with Crippen LogP contribution in [0.1, 0.15) is 29.0 Å². The van der Waals surface area contributed by atoms with Crippen molar-refractivity contribution in [2.24, 2.45) is 17.8 Å². The highest BCUT2D eigenvalue weighted by Gasteiger charge is 2.56. The number of carboxylic acid groups (broad SMARTS) is 1. The molecule has 2 aliphatic rings. The molecule has 2 fully saturated rings. The molecule has 0 radical (unpaired) electrons. The molecule has 0 unspecified atom stereocenters. The number of hydrogen-bond donors (Lipinski definition) is 2. The number of nitrogens with one attached hydrogen (secondary N) is 1. The molecule has 2 N–H and O–H groups in total. The third-order valence-corrected chi connectivity index (χ3v) is 3.86. The minimum Gasteiger partial charge on any atom is -0.481 e. The Balaban J connectivity index is 1.51. The first-order valence-corrected chi connectivity index (χ1v) is 6.15. The molecule has 5 heteroatoms. The standard InChI is InChI=1S/C13H15NO4/c1-6-2-7(5-18-6)12(15)14-11-4-9(11)8-3-10(8)13(16)17/h2,5,8-11H,3-4H2,1H3,(H,14,15)(H,16,17)/t8-,9+,10-,11+/m0/s1. The van der Waals surface area contributed by atoms with E-state index in [9.17, 15) is 9.59 Å². The molecule has 4 atom stereocenters. The van der Waals surface area contributed by atoms with Crippen LogP contribution in [0.5, 0.6) is 0 Å². The number of carbonyl (C=O) groups is 2. The lowest BCUT2D eigenvalue weighted by Gasteiger charge is -2.01. The van der Waals surface area contributed by atoms with E-state index in [4.69, 9.17) is 9.52 Å². The van der Waals surface area contributed by atoms with Crippen molar-refractivity contribution in [2.45, 2.75) is 25.8 Å². The van der Waals surface area contributed by atoms with Crippen molar-refractivity contribution in [3.63, 3.8) is 0 Å². The van der Waals surface area contributed by atoms with Gasteiger partial charge in [-0.05, 0) is 37.7 Å². The highest BCUT2D eigenvalue weighted by atomic mass is 16.4. The average molecular weight is 249 g/mol. The Hall–Kier alpha value is -1.78. The minimum absolute atomic E-state index is 0.133. The van der Waals surface area contributed by atoms with Gasteiger partial charge in [0.2, 0.25) is 0 Å². The van der Waals surface area contributed by atoms with E-state index in [0.717, 1.165) is 12.8 Å². The predicted molar refractivity (Wildman–Crippen MR) is 62.0 cm³/mol. The predicted octanol–water partition coefficient (Wildman–Crippen LogP) is 1.43. The van der Waals surface area contributed by atoms with Gasteiger partial charge in [-0.1, -0.05) is 0 Å². The van der Waals surface area contributed by atoms with Gasteiger partial charge in [-0.3, -0.25) is 9.59 Å². The van der Waals surface area contributed by atoms with Crippen molar-refractivity contribution in [1.29, 1.82) is 0 Å². The summed E-state index contributed by atoms with van der Waals surface area (Å²) in [6, 6.07) is 1.84. The van der Waals surface area contributed by atoms with Crippen LogP contribution >= 0.6 is 0 Å². The van der Waals surface area contributed by atoms with Crippen molar-refractivity contribution in [3.05, 3.63) is 23.7 Å². The number of aliphatic carboxylic acids is 1. The molecule has 2 aliphatic carbocycles. The first-order chi connectivity index (χ1) is 8.56. The van der Waals surface area contributed by atoms with E-state index in [1.54, 1.807) is 13.0 Å². The lowest BCUT2D eigenvalue weighted by Crippen LogP contribution is -2.26. The van der Waals surface area contributed by atoms with Gasteiger partial charge in [-0.15, -0.1) is 0 Å². The molecule has 5 nitrogen and oxygen atoms in total. The lowest BCUT2D eigenvalue weighted by atomic mass is 10.2. The number of furan rings is 1. The van der Waals surface area contributed by atoms with Crippen molar-refractivity contribution in [3.8, 4) is 0 Å². The summed E-state index contributed by atoms with van der Waals surface area (Å²) in [5.41, 5.74) is 0.531. The second-order valence-electron chi connectivity index (χ2n) is 5.27. The van der Waals surface area contributed by atoms with E-state index in [2.05, 4.69) is 5.32 Å². The minimum atomic E-state index is -0.706. The van der Waals surface area contributed by atoms with Gasteiger partial charge in [0.1, 0.15) is 12.0 Å². The zero-order valence-electron chi connectivity index (χ0n) is 10.1. The maximum absolute atomic E-state index is 11.8. The molecule has 1 aromatic rings. The second-order valence-corrected chi connectivity index (χ2v) is 5.27. The Morgan fingerprint density at radius 3 is 2.72 bits per heavy atom. The number of aryl methyl sites for hydroxylation is 1. The monoisotopic (exact) mass is 249 g/mol. The van der Waals surface area contributed by atoms with Crippen molar-refractivity contribution in [2.75, 3.05) is 0 Å². The van der Waals surface area contributed by atoms with Gasteiger partial charge in [0.25, 0.3) is 5.91 Å². The van der Waals surface area contributed by atoms with E-state index >= 15 is 0 Å². The third-order valence-electron chi connectivity index (χ3n) is 3.86. The summed E-state index contributed by atoms with van der Waals surface area (Å²) in [6.07, 6.45) is 3.10. The summed E-state index contributed by atoms with van der Waals surface area (Å²) in [7, 11) is 0. The van der Waals surface area contributed by atoms with E-state index in [-0.39, 0.29) is 23.8 Å². The van der Waals surface area contributed by atoms with Crippen LogP contribution in [-0.4, -0.2) is 23.0 Å². The molecule has 0 saturated heterocycles. The van der Waals surface area contributed by atoms with Crippen LogP contribution in [0, 0.1) is 24.7 Å². The van der Waals surface area contributed by atoms with Gasteiger partial charge in [0.15, 0.2) is 0 Å². The Labute approximate surface area is 104 Å². The molecule has 0 aromatic carbocycles. The van der Waals surface area contributed by atoms with Gasteiger partial charge in [-0.2, -0.15) is 0 Å². The fraction of sp³-hybridized carbons (Fsp3) is 0.538.